The predicted molar refractivity (Wildman–Crippen MR) is 97.6 cm³/mol. The number of benzene rings is 2. The number of hydrogen-bond donors (Lipinski definition) is 0. The SMILES string of the molecule is COc1ccc2c(=O)c(C#CCOC(=O)c3ccc(Cl)cc3)coc2c1. The fourth-order valence-electron chi connectivity index (χ4n) is 2.22. The molecule has 130 valence electrons. The van der Waals surface area contributed by atoms with Crippen molar-refractivity contribution in [3.05, 3.63) is 75.1 Å². The van der Waals surface area contributed by atoms with Crippen LogP contribution in [0, 0.1) is 11.8 Å². The second-order valence-corrected chi connectivity index (χ2v) is 5.66. The second kappa shape index (κ2) is 7.77. The van der Waals surface area contributed by atoms with Gasteiger partial charge in [-0.15, -0.1) is 0 Å². The van der Waals surface area contributed by atoms with E-state index >= 15 is 0 Å². The molecule has 26 heavy (non-hydrogen) atoms. The zero-order valence-electron chi connectivity index (χ0n) is 13.7. The number of ether oxygens (including phenoxy) is 2. The van der Waals surface area contributed by atoms with Gasteiger partial charge in [-0.2, -0.15) is 0 Å². The van der Waals surface area contributed by atoms with Gasteiger partial charge in [-0.1, -0.05) is 23.4 Å². The van der Waals surface area contributed by atoms with Crippen LogP contribution in [-0.4, -0.2) is 19.7 Å². The first-order chi connectivity index (χ1) is 12.6. The molecule has 2 aromatic carbocycles. The van der Waals surface area contributed by atoms with Crippen LogP contribution < -0.4 is 10.2 Å². The Bertz CT molecular complexity index is 1070. The normalized spacial score (nSPS) is 10.1. The Morgan fingerprint density at radius 1 is 1.19 bits per heavy atom. The Kier molecular flexibility index (Phi) is 5.26. The molecular weight excluding hydrogens is 356 g/mol. The lowest BCUT2D eigenvalue weighted by Gasteiger charge is -2.01. The van der Waals surface area contributed by atoms with Gasteiger partial charge in [0.1, 0.15) is 23.2 Å². The van der Waals surface area contributed by atoms with Crippen molar-refractivity contribution >= 4 is 28.5 Å². The van der Waals surface area contributed by atoms with E-state index in [0.29, 0.717) is 27.3 Å². The van der Waals surface area contributed by atoms with Crippen LogP contribution in [0.3, 0.4) is 0 Å². The van der Waals surface area contributed by atoms with Crippen LogP contribution in [-0.2, 0) is 4.74 Å². The van der Waals surface area contributed by atoms with E-state index < -0.39 is 5.97 Å². The molecule has 0 amide bonds. The summed E-state index contributed by atoms with van der Waals surface area (Å²) < 4.78 is 15.6. The van der Waals surface area contributed by atoms with Crippen LogP contribution in [0.25, 0.3) is 11.0 Å². The average Bonchev–Trinajstić information content (AvgIpc) is 2.66. The molecule has 0 saturated heterocycles. The van der Waals surface area contributed by atoms with Crippen LogP contribution in [0.15, 0.2) is 57.9 Å². The van der Waals surface area contributed by atoms with Crippen LogP contribution in [0.2, 0.25) is 5.02 Å². The van der Waals surface area contributed by atoms with Gasteiger partial charge in [-0.25, -0.2) is 4.79 Å². The molecule has 6 heteroatoms. The molecule has 0 radical (unpaired) electrons. The van der Waals surface area contributed by atoms with Crippen molar-refractivity contribution in [1.82, 2.24) is 0 Å². The number of fused-ring (bicyclic) bond motifs is 1. The van der Waals surface area contributed by atoms with Gasteiger partial charge in [-0.05, 0) is 36.4 Å². The molecule has 0 atom stereocenters. The highest BCUT2D eigenvalue weighted by Crippen LogP contribution is 2.18. The van der Waals surface area contributed by atoms with Crippen molar-refractivity contribution in [2.45, 2.75) is 0 Å². The standard InChI is InChI=1S/C20H13ClO5/c1-24-16-8-9-17-18(11-16)26-12-14(19(17)22)3-2-10-25-20(23)13-4-6-15(21)7-5-13/h4-9,11-12H,10H2,1H3. The summed E-state index contributed by atoms with van der Waals surface area (Å²) >= 11 is 5.76. The van der Waals surface area contributed by atoms with Gasteiger partial charge in [-0.3, -0.25) is 4.79 Å². The van der Waals surface area contributed by atoms with Crippen molar-refractivity contribution in [2.24, 2.45) is 0 Å². The lowest BCUT2D eigenvalue weighted by Crippen LogP contribution is -2.07. The molecule has 0 saturated carbocycles. The molecule has 3 rings (SSSR count). The molecule has 0 aliphatic heterocycles. The van der Waals surface area contributed by atoms with E-state index in [1.165, 1.54) is 13.4 Å². The zero-order valence-corrected chi connectivity index (χ0v) is 14.5. The molecule has 1 aromatic heterocycles. The third-order valence-electron chi connectivity index (χ3n) is 3.56. The Labute approximate surface area is 154 Å². The van der Waals surface area contributed by atoms with Crippen molar-refractivity contribution < 1.29 is 18.7 Å². The Morgan fingerprint density at radius 2 is 1.96 bits per heavy atom. The molecule has 1 heterocycles. The number of carbonyl (C=O) groups excluding carboxylic acids is 1. The number of hydrogen-bond acceptors (Lipinski definition) is 5. The Hall–Kier alpha value is -3.23. The molecule has 5 nitrogen and oxygen atoms in total. The van der Waals surface area contributed by atoms with Gasteiger partial charge < -0.3 is 13.9 Å². The summed E-state index contributed by atoms with van der Waals surface area (Å²) in [6.45, 7) is -0.151. The zero-order chi connectivity index (χ0) is 18.5. The minimum absolute atomic E-state index is 0.151. The van der Waals surface area contributed by atoms with Gasteiger partial charge in [0, 0.05) is 11.1 Å². The molecule has 0 aliphatic rings. The molecule has 0 unspecified atom stereocenters. The van der Waals surface area contributed by atoms with Crippen molar-refractivity contribution in [1.29, 1.82) is 0 Å². The van der Waals surface area contributed by atoms with Gasteiger partial charge in [0.25, 0.3) is 0 Å². The third-order valence-corrected chi connectivity index (χ3v) is 3.81. The maximum atomic E-state index is 12.4. The lowest BCUT2D eigenvalue weighted by molar-refractivity contribution is 0.0556. The van der Waals surface area contributed by atoms with E-state index in [1.54, 1.807) is 42.5 Å². The minimum Gasteiger partial charge on any atom is -0.497 e. The Balaban J connectivity index is 1.72. The maximum Gasteiger partial charge on any atom is 0.339 e. The van der Waals surface area contributed by atoms with Crippen LogP contribution in [0.4, 0.5) is 0 Å². The number of rotatable bonds is 3. The molecule has 0 bridgehead atoms. The fourth-order valence-corrected chi connectivity index (χ4v) is 2.35. The minimum atomic E-state index is -0.520. The van der Waals surface area contributed by atoms with Gasteiger partial charge in [0.2, 0.25) is 5.43 Å². The fraction of sp³-hybridized carbons (Fsp3) is 0.100. The second-order valence-electron chi connectivity index (χ2n) is 5.23. The van der Waals surface area contributed by atoms with Crippen molar-refractivity contribution in [2.75, 3.05) is 13.7 Å². The largest absolute Gasteiger partial charge is 0.497 e. The Morgan fingerprint density at radius 3 is 2.69 bits per heavy atom. The first-order valence-corrected chi connectivity index (χ1v) is 7.97. The van der Waals surface area contributed by atoms with E-state index in [9.17, 15) is 9.59 Å². The highest BCUT2D eigenvalue weighted by molar-refractivity contribution is 6.30. The summed E-state index contributed by atoms with van der Waals surface area (Å²) in [6, 6.07) is 11.2. The lowest BCUT2D eigenvalue weighted by atomic mass is 10.1. The van der Waals surface area contributed by atoms with E-state index in [2.05, 4.69) is 11.8 Å². The quantitative estimate of drug-likeness (QED) is 0.521. The molecule has 0 N–H and O–H groups in total. The van der Waals surface area contributed by atoms with Crippen molar-refractivity contribution in [3.63, 3.8) is 0 Å². The van der Waals surface area contributed by atoms with E-state index in [1.807, 2.05) is 0 Å². The van der Waals surface area contributed by atoms with E-state index in [0.717, 1.165) is 0 Å². The third kappa shape index (κ3) is 3.88. The smallest absolute Gasteiger partial charge is 0.339 e. The topological polar surface area (TPSA) is 65.7 Å². The first-order valence-electron chi connectivity index (χ1n) is 7.59. The number of halogens is 1. The summed E-state index contributed by atoms with van der Waals surface area (Å²) in [4.78, 5) is 24.2. The van der Waals surface area contributed by atoms with Gasteiger partial charge in [0.15, 0.2) is 6.61 Å². The van der Waals surface area contributed by atoms with Gasteiger partial charge in [0.05, 0.1) is 18.1 Å². The van der Waals surface area contributed by atoms with Gasteiger partial charge >= 0.3 is 5.97 Å². The summed E-state index contributed by atoms with van der Waals surface area (Å²) in [7, 11) is 1.53. The molecule has 0 spiro atoms. The monoisotopic (exact) mass is 368 g/mol. The van der Waals surface area contributed by atoms with Crippen LogP contribution in [0.5, 0.6) is 5.75 Å². The summed E-state index contributed by atoms with van der Waals surface area (Å²) in [5, 5.41) is 0.928. The van der Waals surface area contributed by atoms with Crippen LogP contribution >= 0.6 is 11.6 Å². The number of carbonyl (C=O) groups is 1. The summed E-state index contributed by atoms with van der Waals surface area (Å²) in [6.07, 6.45) is 1.28. The average molecular weight is 369 g/mol. The number of esters is 1. The number of methoxy groups -OCH3 is 1. The molecule has 3 aromatic rings. The van der Waals surface area contributed by atoms with E-state index in [-0.39, 0.29) is 17.6 Å². The van der Waals surface area contributed by atoms with E-state index in [4.69, 9.17) is 25.5 Å². The first kappa shape index (κ1) is 17.6. The van der Waals surface area contributed by atoms with Crippen molar-refractivity contribution in [3.8, 4) is 17.6 Å². The highest BCUT2D eigenvalue weighted by atomic mass is 35.5. The summed E-state index contributed by atoms with van der Waals surface area (Å²) in [5.74, 6) is 5.37. The highest BCUT2D eigenvalue weighted by Gasteiger charge is 2.07. The molecular formula is C20H13ClO5. The summed E-state index contributed by atoms with van der Waals surface area (Å²) in [5.41, 5.74) is 0.708. The maximum absolute atomic E-state index is 12.4. The predicted octanol–water partition coefficient (Wildman–Crippen LogP) is 3.66. The molecule has 0 aliphatic carbocycles. The molecule has 0 fully saturated rings. The van der Waals surface area contributed by atoms with Crippen LogP contribution in [0.1, 0.15) is 15.9 Å².